The van der Waals surface area contributed by atoms with E-state index in [2.05, 4.69) is 15.5 Å². The highest BCUT2D eigenvalue weighted by molar-refractivity contribution is 5.91. The van der Waals surface area contributed by atoms with Gasteiger partial charge in [-0.2, -0.15) is 0 Å². The first-order chi connectivity index (χ1) is 10.7. The van der Waals surface area contributed by atoms with Gasteiger partial charge in [0.15, 0.2) is 0 Å². The molecule has 0 saturated carbocycles. The summed E-state index contributed by atoms with van der Waals surface area (Å²) >= 11 is 0. The number of carbonyl (C=O) groups excluding carboxylic acids is 1. The van der Waals surface area contributed by atoms with Crippen LogP contribution in [0, 0.1) is 6.92 Å². The molecule has 0 unspecified atom stereocenters. The van der Waals surface area contributed by atoms with Gasteiger partial charge < -0.3 is 14.4 Å². The predicted octanol–water partition coefficient (Wildman–Crippen LogP) is 2.16. The zero-order chi connectivity index (χ0) is 15.4. The highest BCUT2D eigenvalue weighted by Crippen LogP contribution is 2.11. The molecular weight excluding hydrogens is 280 g/mol. The van der Waals surface area contributed by atoms with Gasteiger partial charge in [0.1, 0.15) is 0 Å². The van der Waals surface area contributed by atoms with Crippen molar-refractivity contribution < 1.29 is 9.32 Å². The summed E-state index contributed by atoms with van der Waals surface area (Å²) in [6.45, 7) is 2.93. The Kier molecular flexibility index (Phi) is 4.00. The van der Waals surface area contributed by atoms with E-state index in [1.807, 2.05) is 35.0 Å². The summed E-state index contributed by atoms with van der Waals surface area (Å²) in [6, 6.07) is 9.60. The molecule has 0 aliphatic carbocycles. The van der Waals surface area contributed by atoms with Crippen LogP contribution < -0.4 is 5.32 Å². The van der Waals surface area contributed by atoms with E-state index in [1.54, 1.807) is 25.5 Å². The molecule has 0 aliphatic heterocycles. The molecule has 2 aromatic heterocycles. The largest absolute Gasteiger partial charge is 0.351 e. The molecule has 112 valence electrons. The Morgan fingerprint density at radius 1 is 1.32 bits per heavy atom. The van der Waals surface area contributed by atoms with E-state index in [-0.39, 0.29) is 11.7 Å². The van der Waals surface area contributed by atoms with Crippen LogP contribution in [0.4, 0.5) is 0 Å². The second-order valence-corrected chi connectivity index (χ2v) is 5.02. The third-order valence-electron chi connectivity index (χ3n) is 3.32. The lowest BCUT2D eigenvalue weighted by Gasteiger charge is -2.10. The van der Waals surface area contributed by atoms with Crippen LogP contribution in [-0.2, 0) is 13.1 Å². The number of carbonyl (C=O) groups is 1. The van der Waals surface area contributed by atoms with Crippen LogP contribution in [0.2, 0.25) is 0 Å². The van der Waals surface area contributed by atoms with E-state index in [9.17, 15) is 4.79 Å². The summed E-state index contributed by atoms with van der Waals surface area (Å²) in [5.74, 6) is -0.0392. The van der Waals surface area contributed by atoms with Crippen molar-refractivity contribution in [1.29, 1.82) is 0 Å². The molecule has 0 saturated heterocycles. The Bertz CT molecular complexity index is 762. The van der Waals surface area contributed by atoms with Crippen LogP contribution in [0.3, 0.4) is 0 Å². The fourth-order valence-electron chi connectivity index (χ4n) is 2.19. The molecule has 3 aromatic rings. The molecule has 0 radical (unpaired) electrons. The molecule has 6 heteroatoms. The molecule has 0 atom stereocenters. The average molecular weight is 296 g/mol. The lowest BCUT2D eigenvalue weighted by Crippen LogP contribution is -2.23. The van der Waals surface area contributed by atoms with Crippen molar-refractivity contribution in [3.05, 3.63) is 71.6 Å². The van der Waals surface area contributed by atoms with Crippen LogP contribution in [0.5, 0.6) is 0 Å². The molecule has 0 spiro atoms. The van der Waals surface area contributed by atoms with Gasteiger partial charge in [0, 0.05) is 31.5 Å². The van der Waals surface area contributed by atoms with Crippen molar-refractivity contribution in [3.8, 4) is 0 Å². The second-order valence-electron chi connectivity index (χ2n) is 5.02. The first kappa shape index (κ1) is 14.1. The van der Waals surface area contributed by atoms with E-state index >= 15 is 0 Å². The SMILES string of the molecule is Cc1cc(C(=O)NCc2ccccc2Cn2ccnc2)on1. The van der Waals surface area contributed by atoms with E-state index in [4.69, 9.17) is 4.52 Å². The Morgan fingerprint density at radius 3 is 2.82 bits per heavy atom. The number of imidazole rings is 1. The average Bonchev–Trinajstić information content (AvgIpc) is 3.18. The number of rotatable bonds is 5. The molecule has 1 amide bonds. The summed E-state index contributed by atoms with van der Waals surface area (Å²) in [7, 11) is 0. The van der Waals surface area contributed by atoms with Gasteiger partial charge in [0.05, 0.1) is 12.0 Å². The molecule has 22 heavy (non-hydrogen) atoms. The normalized spacial score (nSPS) is 10.6. The van der Waals surface area contributed by atoms with Gasteiger partial charge >= 0.3 is 0 Å². The van der Waals surface area contributed by atoms with Gasteiger partial charge in [-0.25, -0.2) is 4.98 Å². The topological polar surface area (TPSA) is 73.0 Å². The number of aryl methyl sites for hydroxylation is 1. The van der Waals surface area contributed by atoms with Crippen molar-refractivity contribution in [3.63, 3.8) is 0 Å². The number of amides is 1. The first-order valence-corrected chi connectivity index (χ1v) is 6.96. The minimum atomic E-state index is -0.266. The fraction of sp³-hybridized carbons (Fsp3) is 0.188. The summed E-state index contributed by atoms with van der Waals surface area (Å²) < 4.78 is 6.94. The summed E-state index contributed by atoms with van der Waals surface area (Å²) in [4.78, 5) is 16.0. The molecule has 3 rings (SSSR count). The highest BCUT2D eigenvalue weighted by atomic mass is 16.5. The van der Waals surface area contributed by atoms with Crippen LogP contribution >= 0.6 is 0 Å². The lowest BCUT2D eigenvalue weighted by molar-refractivity contribution is 0.0914. The Morgan fingerprint density at radius 2 is 2.14 bits per heavy atom. The zero-order valence-electron chi connectivity index (χ0n) is 12.2. The number of benzene rings is 1. The standard InChI is InChI=1S/C16H16N4O2/c1-12-8-15(22-19-12)16(21)18-9-13-4-2-3-5-14(13)10-20-7-6-17-11-20/h2-8,11H,9-10H2,1H3,(H,18,21). The van der Waals surface area contributed by atoms with E-state index in [0.717, 1.165) is 11.1 Å². The van der Waals surface area contributed by atoms with Gasteiger partial charge in [-0.1, -0.05) is 29.4 Å². The fourth-order valence-corrected chi connectivity index (χ4v) is 2.19. The maximum Gasteiger partial charge on any atom is 0.290 e. The maximum atomic E-state index is 12.0. The van der Waals surface area contributed by atoms with Crippen molar-refractivity contribution >= 4 is 5.91 Å². The first-order valence-electron chi connectivity index (χ1n) is 6.96. The number of hydrogen-bond acceptors (Lipinski definition) is 4. The Balaban J connectivity index is 1.68. The molecular formula is C16H16N4O2. The third-order valence-corrected chi connectivity index (χ3v) is 3.32. The van der Waals surface area contributed by atoms with Gasteiger partial charge in [0.25, 0.3) is 5.91 Å². The maximum absolute atomic E-state index is 12.0. The van der Waals surface area contributed by atoms with Crippen LogP contribution in [-0.4, -0.2) is 20.6 Å². The summed E-state index contributed by atoms with van der Waals surface area (Å²) in [5, 5.41) is 6.57. The predicted molar refractivity (Wildman–Crippen MR) is 80.2 cm³/mol. The van der Waals surface area contributed by atoms with Crippen molar-refractivity contribution in [2.24, 2.45) is 0 Å². The second kappa shape index (κ2) is 6.26. The van der Waals surface area contributed by atoms with E-state index < -0.39 is 0 Å². The quantitative estimate of drug-likeness (QED) is 0.783. The molecule has 2 heterocycles. The lowest BCUT2D eigenvalue weighted by atomic mass is 10.1. The van der Waals surface area contributed by atoms with Crippen LogP contribution in [0.1, 0.15) is 27.4 Å². The molecule has 6 nitrogen and oxygen atoms in total. The molecule has 0 fully saturated rings. The monoisotopic (exact) mass is 296 g/mol. The number of nitrogens with one attached hydrogen (secondary N) is 1. The number of hydrogen-bond donors (Lipinski definition) is 1. The van der Waals surface area contributed by atoms with Gasteiger partial charge in [0.2, 0.25) is 5.76 Å². The number of nitrogens with zero attached hydrogens (tertiary/aromatic N) is 3. The molecule has 1 N–H and O–H groups in total. The smallest absolute Gasteiger partial charge is 0.290 e. The molecule has 0 bridgehead atoms. The van der Waals surface area contributed by atoms with Gasteiger partial charge in [-0.15, -0.1) is 0 Å². The van der Waals surface area contributed by atoms with Crippen molar-refractivity contribution in [1.82, 2.24) is 20.0 Å². The molecule has 0 aliphatic rings. The minimum Gasteiger partial charge on any atom is -0.351 e. The van der Waals surface area contributed by atoms with E-state index in [1.165, 1.54) is 0 Å². The zero-order valence-corrected chi connectivity index (χ0v) is 12.2. The van der Waals surface area contributed by atoms with Crippen molar-refractivity contribution in [2.45, 2.75) is 20.0 Å². The van der Waals surface area contributed by atoms with Gasteiger partial charge in [-0.05, 0) is 18.1 Å². The van der Waals surface area contributed by atoms with E-state index in [0.29, 0.717) is 18.8 Å². The van der Waals surface area contributed by atoms with Crippen LogP contribution in [0.15, 0.2) is 53.6 Å². The minimum absolute atomic E-state index is 0.226. The van der Waals surface area contributed by atoms with Gasteiger partial charge in [-0.3, -0.25) is 4.79 Å². The van der Waals surface area contributed by atoms with Crippen LogP contribution in [0.25, 0.3) is 0 Å². The third kappa shape index (κ3) is 3.22. The molecule has 1 aromatic carbocycles. The summed E-state index contributed by atoms with van der Waals surface area (Å²) in [5.41, 5.74) is 2.88. The summed E-state index contributed by atoms with van der Waals surface area (Å²) in [6.07, 6.45) is 5.43. The number of aromatic nitrogens is 3. The Labute approximate surface area is 127 Å². The Hall–Kier alpha value is -2.89. The highest BCUT2D eigenvalue weighted by Gasteiger charge is 2.12. The van der Waals surface area contributed by atoms with Crippen molar-refractivity contribution in [2.75, 3.05) is 0 Å².